The Hall–Kier alpha value is -2.71. The molecular formula is C25H30N6OS. The van der Waals surface area contributed by atoms with Gasteiger partial charge in [0, 0.05) is 37.5 Å². The Balaban J connectivity index is 1.42. The monoisotopic (exact) mass is 462 g/mol. The van der Waals surface area contributed by atoms with Gasteiger partial charge in [-0.25, -0.2) is 13.6 Å². The van der Waals surface area contributed by atoms with Gasteiger partial charge in [-0.2, -0.15) is 4.98 Å². The van der Waals surface area contributed by atoms with Crippen LogP contribution in [0.15, 0.2) is 51.7 Å². The van der Waals surface area contributed by atoms with Gasteiger partial charge in [-0.05, 0) is 50.1 Å². The van der Waals surface area contributed by atoms with Crippen molar-refractivity contribution in [3.05, 3.63) is 53.6 Å². The van der Waals surface area contributed by atoms with Gasteiger partial charge < -0.3 is 15.5 Å². The predicted octanol–water partition coefficient (Wildman–Crippen LogP) is 3.34. The molecule has 8 heteroatoms. The van der Waals surface area contributed by atoms with Gasteiger partial charge in [-0.1, -0.05) is 29.8 Å². The molecule has 3 aliphatic rings. The molecule has 1 unspecified atom stereocenters. The fourth-order valence-corrected chi connectivity index (χ4v) is 7.20. The van der Waals surface area contributed by atoms with E-state index in [0.29, 0.717) is 37.3 Å². The molecule has 0 bridgehead atoms. The van der Waals surface area contributed by atoms with Crippen LogP contribution in [0.3, 0.4) is 0 Å². The van der Waals surface area contributed by atoms with Crippen LogP contribution in [0.1, 0.15) is 24.0 Å². The lowest BCUT2D eigenvalue weighted by atomic mass is 10.00. The molecule has 172 valence electrons. The van der Waals surface area contributed by atoms with E-state index in [0.717, 1.165) is 53.1 Å². The van der Waals surface area contributed by atoms with Crippen LogP contribution in [0, 0.1) is 12.8 Å². The quantitative estimate of drug-likeness (QED) is 0.640. The van der Waals surface area contributed by atoms with Crippen molar-refractivity contribution in [1.29, 1.82) is 0 Å². The third-order valence-electron chi connectivity index (χ3n) is 6.87. The van der Waals surface area contributed by atoms with Gasteiger partial charge in [0.15, 0.2) is 0 Å². The molecule has 6 rings (SSSR count). The normalized spacial score (nSPS) is 23.2. The summed E-state index contributed by atoms with van der Waals surface area (Å²) >= 11 is 0. The minimum atomic E-state index is -2.44. The molecule has 2 N–H and O–H groups in total. The second kappa shape index (κ2) is 7.95. The van der Waals surface area contributed by atoms with Crippen molar-refractivity contribution in [3.63, 3.8) is 0 Å². The smallest absolute Gasteiger partial charge is 0.228 e. The Morgan fingerprint density at radius 3 is 2.73 bits per heavy atom. The van der Waals surface area contributed by atoms with Crippen molar-refractivity contribution in [1.82, 2.24) is 9.97 Å². The average molecular weight is 463 g/mol. The average Bonchev–Trinajstić information content (AvgIpc) is 3.61. The zero-order chi connectivity index (χ0) is 22.6. The fourth-order valence-electron chi connectivity index (χ4n) is 4.76. The van der Waals surface area contributed by atoms with E-state index in [2.05, 4.69) is 41.0 Å². The topological polar surface area (TPSA) is 87.7 Å². The highest BCUT2D eigenvalue weighted by Gasteiger charge is 2.32. The van der Waals surface area contributed by atoms with E-state index in [-0.39, 0.29) is 6.04 Å². The summed E-state index contributed by atoms with van der Waals surface area (Å²) in [5, 5.41) is 1.08. The van der Waals surface area contributed by atoms with Crippen LogP contribution in [0.5, 0.6) is 0 Å². The molecule has 33 heavy (non-hydrogen) atoms. The number of nitrogens with two attached hydrogens (primary N) is 1. The summed E-state index contributed by atoms with van der Waals surface area (Å²) in [6, 6.07) is 14.7. The van der Waals surface area contributed by atoms with Crippen molar-refractivity contribution in [2.45, 2.75) is 37.2 Å². The Morgan fingerprint density at radius 2 is 1.94 bits per heavy atom. The highest BCUT2D eigenvalue weighted by atomic mass is 32.2. The van der Waals surface area contributed by atoms with E-state index in [1.807, 2.05) is 18.2 Å². The first-order valence-corrected chi connectivity index (χ1v) is 13.5. The first kappa shape index (κ1) is 20.9. The van der Waals surface area contributed by atoms with E-state index in [9.17, 15) is 4.21 Å². The van der Waals surface area contributed by atoms with Gasteiger partial charge in [0.05, 0.1) is 31.9 Å². The summed E-state index contributed by atoms with van der Waals surface area (Å²) in [4.78, 5) is 15.4. The Kier molecular flexibility index (Phi) is 5.03. The van der Waals surface area contributed by atoms with Crippen molar-refractivity contribution >= 4 is 32.4 Å². The summed E-state index contributed by atoms with van der Waals surface area (Å²) in [5.41, 5.74) is 9.08. The first-order valence-electron chi connectivity index (χ1n) is 11.8. The molecule has 0 amide bonds. The fraction of sp³-hybridized carbons (Fsp3) is 0.440. The number of aryl methyl sites for hydroxylation is 1. The number of benzene rings is 2. The van der Waals surface area contributed by atoms with Crippen LogP contribution >= 0.6 is 0 Å². The first-order chi connectivity index (χ1) is 16.0. The predicted molar refractivity (Wildman–Crippen MR) is 133 cm³/mol. The van der Waals surface area contributed by atoms with E-state index in [1.165, 1.54) is 5.56 Å². The van der Waals surface area contributed by atoms with Crippen LogP contribution in [-0.4, -0.2) is 52.2 Å². The summed E-state index contributed by atoms with van der Waals surface area (Å²) < 4.78 is 18.8. The van der Waals surface area contributed by atoms with Crippen molar-refractivity contribution in [2.24, 2.45) is 16.0 Å². The zero-order valence-electron chi connectivity index (χ0n) is 19.0. The molecule has 1 aliphatic carbocycles. The van der Waals surface area contributed by atoms with E-state index < -0.39 is 9.73 Å². The maximum atomic E-state index is 14.0. The lowest BCUT2D eigenvalue weighted by Crippen LogP contribution is -2.50. The molecule has 0 radical (unpaired) electrons. The molecule has 1 saturated heterocycles. The molecule has 3 aromatic rings. The molecular weight excluding hydrogens is 432 g/mol. The summed E-state index contributed by atoms with van der Waals surface area (Å²) in [5.74, 6) is 2.69. The minimum absolute atomic E-state index is 0.255. The molecule has 1 saturated carbocycles. The van der Waals surface area contributed by atoms with Gasteiger partial charge in [-0.3, -0.25) is 0 Å². The molecule has 3 heterocycles. The summed E-state index contributed by atoms with van der Waals surface area (Å²) in [6.45, 7) is 5.90. The van der Waals surface area contributed by atoms with Gasteiger partial charge in [0.1, 0.15) is 5.82 Å². The molecule has 1 aromatic heterocycles. The molecule has 2 aliphatic heterocycles. The van der Waals surface area contributed by atoms with Crippen LogP contribution < -0.4 is 15.5 Å². The summed E-state index contributed by atoms with van der Waals surface area (Å²) in [6.07, 6.45) is 2.11. The van der Waals surface area contributed by atoms with Gasteiger partial charge in [0.25, 0.3) is 0 Å². The molecule has 1 atom stereocenters. The summed E-state index contributed by atoms with van der Waals surface area (Å²) in [7, 11) is -2.44. The van der Waals surface area contributed by atoms with Crippen molar-refractivity contribution in [3.8, 4) is 0 Å². The third-order valence-corrected chi connectivity index (χ3v) is 9.33. The largest absolute Gasteiger partial charge is 0.355 e. The maximum absolute atomic E-state index is 14.0. The lowest BCUT2D eigenvalue weighted by Gasteiger charge is -2.40. The van der Waals surface area contributed by atoms with Gasteiger partial charge >= 0.3 is 0 Å². The highest BCUT2D eigenvalue weighted by Crippen LogP contribution is 2.35. The number of aromatic nitrogens is 2. The molecule has 0 spiro atoms. The lowest BCUT2D eigenvalue weighted by molar-refractivity contribution is 0.418. The SMILES string of the molecule is Cc1ccc2nc(N3CCS(=O)(=NC4CC4)c4ccccc4C3)nc(N3CC(CN)C3)c2c1. The molecule has 2 fully saturated rings. The number of anilines is 2. The van der Waals surface area contributed by atoms with Crippen LogP contribution in [-0.2, 0) is 16.3 Å². The minimum Gasteiger partial charge on any atom is -0.355 e. The maximum Gasteiger partial charge on any atom is 0.228 e. The van der Waals surface area contributed by atoms with E-state index in [4.69, 9.17) is 20.1 Å². The van der Waals surface area contributed by atoms with Crippen LogP contribution in [0.25, 0.3) is 10.9 Å². The molecule has 2 aromatic carbocycles. The standard InChI is InChI=1S/C25H30N6OS/c1-17-6-9-22-21(12-17)24(31-14-18(13-26)15-31)28-25(27-22)30-10-11-33(32,29-20-7-8-20)23-5-3-2-4-19(23)16-30/h2-6,9,12,18,20H,7-8,10-11,13-16,26H2,1H3. The number of nitrogens with zero attached hydrogens (tertiary/aromatic N) is 5. The second-order valence-electron chi connectivity index (χ2n) is 9.58. The van der Waals surface area contributed by atoms with Gasteiger partial charge in [-0.15, -0.1) is 0 Å². The Bertz CT molecular complexity index is 1340. The number of hydrogen-bond acceptors (Lipinski definition) is 7. The molecule has 7 nitrogen and oxygen atoms in total. The number of fused-ring (bicyclic) bond motifs is 2. The Labute approximate surface area is 195 Å². The zero-order valence-corrected chi connectivity index (χ0v) is 19.8. The van der Waals surface area contributed by atoms with Gasteiger partial charge in [0.2, 0.25) is 5.95 Å². The van der Waals surface area contributed by atoms with E-state index >= 15 is 0 Å². The van der Waals surface area contributed by atoms with Crippen LogP contribution in [0.2, 0.25) is 0 Å². The number of rotatable bonds is 4. The highest BCUT2D eigenvalue weighted by molar-refractivity contribution is 7.93. The van der Waals surface area contributed by atoms with Crippen LogP contribution in [0.4, 0.5) is 11.8 Å². The van der Waals surface area contributed by atoms with Crippen molar-refractivity contribution < 1.29 is 4.21 Å². The number of hydrogen-bond donors (Lipinski definition) is 1. The Morgan fingerprint density at radius 1 is 1.12 bits per heavy atom. The second-order valence-corrected chi connectivity index (χ2v) is 11.9. The third kappa shape index (κ3) is 3.85. The van der Waals surface area contributed by atoms with Crippen molar-refractivity contribution in [2.75, 3.05) is 41.7 Å². The van der Waals surface area contributed by atoms with E-state index in [1.54, 1.807) is 0 Å².